The molecule has 1 saturated carbocycles. The third kappa shape index (κ3) is 3.71. The van der Waals surface area contributed by atoms with Crippen molar-refractivity contribution in [1.29, 1.82) is 0 Å². The lowest BCUT2D eigenvalue weighted by atomic mass is 10.2. The van der Waals surface area contributed by atoms with Crippen LogP contribution in [0.5, 0.6) is 0 Å². The zero-order chi connectivity index (χ0) is 19.5. The van der Waals surface area contributed by atoms with Crippen molar-refractivity contribution in [3.63, 3.8) is 0 Å². The predicted octanol–water partition coefficient (Wildman–Crippen LogP) is 3.39. The minimum Gasteiger partial charge on any atom is -0.326 e. The fourth-order valence-corrected chi connectivity index (χ4v) is 3.52. The van der Waals surface area contributed by atoms with E-state index in [4.69, 9.17) is 0 Å². The first-order valence-corrected chi connectivity index (χ1v) is 9.55. The van der Waals surface area contributed by atoms with Gasteiger partial charge < -0.3 is 10.6 Å². The van der Waals surface area contributed by atoms with Crippen molar-refractivity contribution < 1.29 is 4.79 Å². The SMILES string of the molecule is CCC(=O)Nc1ccc(Nc2ncc3ncc(=O)n(C4CCCC4)c3n2)cc1. The van der Waals surface area contributed by atoms with Crippen LogP contribution >= 0.6 is 0 Å². The van der Waals surface area contributed by atoms with Gasteiger partial charge in [0.2, 0.25) is 11.9 Å². The van der Waals surface area contributed by atoms with Gasteiger partial charge in [-0.2, -0.15) is 4.98 Å². The number of amides is 1. The van der Waals surface area contributed by atoms with E-state index in [-0.39, 0.29) is 17.5 Å². The number of benzene rings is 1. The maximum absolute atomic E-state index is 12.4. The smallest absolute Gasteiger partial charge is 0.270 e. The van der Waals surface area contributed by atoms with E-state index >= 15 is 0 Å². The molecular formula is C20H22N6O2. The van der Waals surface area contributed by atoms with Gasteiger partial charge in [-0.25, -0.2) is 9.97 Å². The summed E-state index contributed by atoms with van der Waals surface area (Å²) in [6.45, 7) is 1.81. The second kappa shape index (κ2) is 7.75. The summed E-state index contributed by atoms with van der Waals surface area (Å²) in [7, 11) is 0. The van der Waals surface area contributed by atoms with E-state index in [2.05, 4.69) is 25.6 Å². The third-order valence-corrected chi connectivity index (χ3v) is 4.97. The number of hydrogen-bond donors (Lipinski definition) is 2. The van der Waals surface area contributed by atoms with Crippen LogP contribution in [-0.2, 0) is 4.79 Å². The molecule has 28 heavy (non-hydrogen) atoms. The Balaban J connectivity index is 1.61. The van der Waals surface area contributed by atoms with Crippen molar-refractivity contribution in [3.8, 4) is 0 Å². The summed E-state index contributed by atoms with van der Waals surface area (Å²) >= 11 is 0. The van der Waals surface area contributed by atoms with Crippen LogP contribution in [0.25, 0.3) is 11.2 Å². The van der Waals surface area contributed by atoms with Crippen molar-refractivity contribution >= 4 is 34.4 Å². The van der Waals surface area contributed by atoms with Gasteiger partial charge in [-0.05, 0) is 37.1 Å². The number of carbonyl (C=O) groups is 1. The molecule has 8 heteroatoms. The fraction of sp³-hybridized carbons (Fsp3) is 0.350. The molecule has 2 N–H and O–H groups in total. The van der Waals surface area contributed by atoms with Gasteiger partial charge in [-0.15, -0.1) is 0 Å². The molecule has 0 saturated heterocycles. The van der Waals surface area contributed by atoms with E-state index < -0.39 is 0 Å². The summed E-state index contributed by atoms with van der Waals surface area (Å²) < 4.78 is 1.76. The Labute approximate surface area is 162 Å². The van der Waals surface area contributed by atoms with Crippen LogP contribution < -0.4 is 16.2 Å². The first-order chi connectivity index (χ1) is 13.6. The highest BCUT2D eigenvalue weighted by Gasteiger charge is 2.21. The summed E-state index contributed by atoms with van der Waals surface area (Å²) in [4.78, 5) is 37.0. The largest absolute Gasteiger partial charge is 0.326 e. The second-order valence-electron chi connectivity index (χ2n) is 6.91. The van der Waals surface area contributed by atoms with Crippen LogP contribution in [0.2, 0.25) is 0 Å². The molecule has 8 nitrogen and oxygen atoms in total. The molecule has 1 aromatic carbocycles. The minimum absolute atomic E-state index is 0.0315. The van der Waals surface area contributed by atoms with Crippen LogP contribution in [-0.4, -0.2) is 25.4 Å². The molecule has 0 bridgehead atoms. The average Bonchev–Trinajstić information content (AvgIpc) is 3.23. The van der Waals surface area contributed by atoms with Crippen LogP contribution in [0, 0.1) is 0 Å². The topological polar surface area (TPSA) is 102 Å². The van der Waals surface area contributed by atoms with Crippen molar-refractivity contribution in [3.05, 3.63) is 47.0 Å². The number of rotatable bonds is 5. The fourth-order valence-electron chi connectivity index (χ4n) is 3.52. The van der Waals surface area contributed by atoms with Gasteiger partial charge in [0.25, 0.3) is 5.56 Å². The van der Waals surface area contributed by atoms with Crippen LogP contribution in [0.4, 0.5) is 17.3 Å². The highest BCUT2D eigenvalue weighted by molar-refractivity contribution is 5.90. The van der Waals surface area contributed by atoms with Gasteiger partial charge in [0, 0.05) is 23.8 Å². The Morgan fingerprint density at radius 2 is 1.82 bits per heavy atom. The third-order valence-electron chi connectivity index (χ3n) is 4.97. The summed E-state index contributed by atoms with van der Waals surface area (Å²) in [6, 6.07) is 7.47. The Kier molecular flexibility index (Phi) is 5.01. The Morgan fingerprint density at radius 1 is 1.11 bits per heavy atom. The summed E-state index contributed by atoms with van der Waals surface area (Å²) in [5.41, 5.74) is 2.56. The molecule has 0 aliphatic heterocycles. The number of anilines is 3. The quantitative estimate of drug-likeness (QED) is 0.706. The van der Waals surface area contributed by atoms with Gasteiger partial charge in [-0.3, -0.25) is 14.2 Å². The first-order valence-electron chi connectivity index (χ1n) is 9.55. The Morgan fingerprint density at radius 3 is 2.54 bits per heavy atom. The van der Waals surface area contributed by atoms with Crippen molar-refractivity contribution in [2.24, 2.45) is 0 Å². The lowest BCUT2D eigenvalue weighted by Gasteiger charge is -2.15. The standard InChI is InChI=1S/C20H22N6O2/c1-2-17(27)23-13-7-9-14(10-8-13)24-20-22-11-16-19(25-20)26(18(28)12-21-16)15-5-3-4-6-15/h7-12,15H,2-6H2,1H3,(H,23,27)(H,22,24,25). The van der Waals surface area contributed by atoms with E-state index in [1.54, 1.807) is 10.8 Å². The van der Waals surface area contributed by atoms with Gasteiger partial charge in [0.05, 0.1) is 12.4 Å². The monoisotopic (exact) mass is 378 g/mol. The Bertz CT molecular complexity index is 1050. The summed E-state index contributed by atoms with van der Waals surface area (Å²) in [5.74, 6) is 0.368. The van der Waals surface area contributed by atoms with Crippen LogP contribution in [0.15, 0.2) is 41.5 Å². The van der Waals surface area contributed by atoms with E-state index in [0.29, 0.717) is 23.5 Å². The molecule has 1 amide bonds. The summed E-state index contributed by atoms with van der Waals surface area (Å²) in [5, 5.41) is 5.96. The number of nitrogens with one attached hydrogen (secondary N) is 2. The van der Waals surface area contributed by atoms with Crippen molar-refractivity contribution in [2.45, 2.75) is 45.1 Å². The number of fused-ring (bicyclic) bond motifs is 1. The number of hydrogen-bond acceptors (Lipinski definition) is 6. The van der Waals surface area contributed by atoms with E-state index in [1.165, 1.54) is 6.20 Å². The number of nitrogens with zero attached hydrogens (tertiary/aromatic N) is 4. The Hall–Kier alpha value is -3.29. The van der Waals surface area contributed by atoms with Gasteiger partial charge in [0.15, 0.2) is 5.65 Å². The molecule has 0 radical (unpaired) electrons. The molecule has 1 aliphatic rings. The van der Waals surface area contributed by atoms with E-state index in [0.717, 1.165) is 37.1 Å². The molecule has 0 unspecified atom stereocenters. The first kappa shape index (κ1) is 18.1. The molecule has 144 valence electrons. The van der Waals surface area contributed by atoms with Crippen LogP contribution in [0.1, 0.15) is 45.1 Å². The van der Waals surface area contributed by atoms with E-state index in [9.17, 15) is 9.59 Å². The lowest BCUT2D eigenvalue weighted by molar-refractivity contribution is -0.115. The molecule has 1 fully saturated rings. The normalized spacial score (nSPS) is 14.3. The second-order valence-corrected chi connectivity index (χ2v) is 6.91. The lowest BCUT2D eigenvalue weighted by Crippen LogP contribution is -2.24. The molecule has 0 spiro atoms. The molecule has 3 aromatic rings. The average molecular weight is 378 g/mol. The zero-order valence-corrected chi connectivity index (χ0v) is 15.7. The molecule has 1 aliphatic carbocycles. The molecule has 4 rings (SSSR count). The highest BCUT2D eigenvalue weighted by Crippen LogP contribution is 2.30. The number of carbonyl (C=O) groups excluding carboxylic acids is 1. The number of aromatic nitrogens is 4. The summed E-state index contributed by atoms with van der Waals surface area (Å²) in [6.07, 6.45) is 7.62. The van der Waals surface area contributed by atoms with Crippen molar-refractivity contribution in [2.75, 3.05) is 10.6 Å². The predicted molar refractivity (Wildman–Crippen MR) is 108 cm³/mol. The molecular weight excluding hydrogens is 356 g/mol. The van der Waals surface area contributed by atoms with Gasteiger partial charge in [0.1, 0.15) is 5.52 Å². The highest BCUT2D eigenvalue weighted by atomic mass is 16.1. The van der Waals surface area contributed by atoms with Crippen LogP contribution in [0.3, 0.4) is 0 Å². The molecule has 2 aromatic heterocycles. The maximum Gasteiger partial charge on any atom is 0.270 e. The van der Waals surface area contributed by atoms with Crippen molar-refractivity contribution in [1.82, 2.24) is 19.5 Å². The zero-order valence-electron chi connectivity index (χ0n) is 15.7. The van der Waals surface area contributed by atoms with Gasteiger partial charge >= 0.3 is 0 Å². The maximum atomic E-state index is 12.4. The molecule has 0 atom stereocenters. The molecule has 2 heterocycles. The van der Waals surface area contributed by atoms with Gasteiger partial charge in [-0.1, -0.05) is 19.8 Å². The van der Waals surface area contributed by atoms with E-state index in [1.807, 2.05) is 31.2 Å². The minimum atomic E-state index is -0.125.